The summed E-state index contributed by atoms with van der Waals surface area (Å²) in [7, 11) is 0. The van der Waals surface area contributed by atoms with Gasteiger partial charge in [0.05, 0.1) is 17.0 Å². The number of carbonyl (C=O) groups is 3. The highest BCUT2D eigenvalue weighted by atomic mass is 32.1. The molecule has 34 heavy (non-hydrogen) atoms. The maximum Gasteiger partial charge on any atom is 0.325 e. The van der Waals surface area contributed by atoms with E-state index in [0.717, 1.165) is 51.7 Å². The molecule has 1 spiro atoms. The Balaban J connectivity index is 1.18. The second-order valence-electron chi connectivity index (χ2n) is 8.69. The summed E-state index contributed by atoms with van der Waals surface area (Å²) in [6, 6.07) is 13.7. The second kappa shape index (κ2) is 9.68. The zero-order valence-corrected chi connectivity index (χ0v) is 20.3. The molecule has 0 bridgehead atoms. The molecular weight excluding hydrogens is 468 g/mol. The van der Waals surface area contributed by atoms with E-state index in [4.69, 9.17) is 4.98 Å². The standard InChI is InChI=1S/C25H26N4O3S2/c30-20(26-13-7-14-29-23(31)25(28-24(29)32)11-4-5-12-25)16-19-21(18-10-6-15-33-18)27-22(34-19)17-8-2-1-3-9-17/h1-3,6,8-10,15H,4-5,7,11-14,16H2,(H,26,30)(H,28,32). The predicted molar refractivity (Wildman–Crippen MR) is 134 cm³/mol. The third-order valence-electron chi connectivity index (χ3n) is 6.38. The fourth-order valence-electron chi connectivity index (χ4n) is 4.65. The summed E-state index contributed by atoms with van der Waals surface area (Å²) in [4.78, 5) is 45.8. The van der Waals surface area contributed by atoms with Gasteiger partial charge in [-0.15, -0.1) is 22.7 Å². The number of nitrogens with one attached hydrogen (secondary N) is 2. The van der Waals surface area contributed by atoms with Crippen LogP contribution in [0.1, 0.15) is 37.0 Å². The summed E-state index contributed by atoms with van der Waals surface area (Å²) in [6.45, 7) is 0.716. The van der Waals surface area contributed by atoms with Crippen molar-refractivity contribution in [2.24, 2.45) is 0 Å². The van der Waals surface area contributed by atoms with Gasteiger partial charge in [-0.2, -0.15) is 0 Å². The summed E-state index contributed by atoms with van der Waals surface area (Å²) in [5.74, 6) is -0.203. The first-order chi connectivity index (χ1) is 16.6. The Hall–Kier alpha value is -3.04. The highest BCUT2D eigenvalue weighted by molar-refractivity contribution is 7.17. The zero-order valence-electron chi connectivity index (χ0n) is 18.7. The topological polar surface area (TPSA) is 91.4 Å². The van der Waals surface area contributed by atoms with Crippen LogP contribution in [0.2, 0.25) is 0 Å². The smallest absolute Gasteiger partial charge is 0.325 e. The molecule has 9 heteroatoms. The lowest BCUT2D eigenvalue weighted by Crippen LogP contribution is -2.44. The summed E-state index contributed by atoms with van der Waals surface area (Å²) in [6.07, 6.45) is 4.13. The van der Waals surface area contributed by atoms with Gasteiger partial charge in [-0.3, -0.25) is 14.5 Å². The molecule has 0 unspecified atom stereocenters. The molecule has 176 valence electrons. The lowest BCUT2D eigenvalue weighted by atomic mass is 9.98. The van der Waals surface area contributed by atoms with E-state index in [9.17, 15) is 14.4 Å². The number of rotatable bonds is 8. The number of aromatic nitrogens is 1. The normalized spacial score (nSPS) is 16.9. The molecule has 5 rings (SSSR count). The van der Waals surface area contributed by atoms with Crippen molar-refractivity contribution in [3.63, 3.8) is 0 Å². The minimum absolute atomic E-state index is 0.0921. The number of thiophene rings is 1. The molecule has 2 aromatic heterocycles. The molecule has 3 heterocycles. The van der Waals surface area contributed by atoms with Crippen LogP contribution in [0.4, 0.5) is 4.79 Å². The van der Waals surface area contributed by atoms with Gasteiger partial charge in [0.2, 0.25) is 5.91 Å². The van der Waals surface area contributed by atoms with Crippen molar-refractivity contribution in [3.8, 4) is 21.1 Å². The van der Waals surface area contributed by atoms with Gasteiger partial charge in [0.15, 0.2) is 0 Å². The van der Waals surface area contributed by atoms with Crippen LogP contribution < -0.4 is 10.6 Å². The molecule has 1 aromatic carbocycles. The van der Waals surface area contributed by atoms with E-state index in [-0.39, 0.29) is 24.3 Å². The Morgan fingerprint density at radius 3 is 2.65 bits per heavy atom. The average Bonchev–Trinajstić information content (AvgIpc) is 3.63. The third kappa shape index (κ3) is 4.50. The van der Waals surface area contributed by atoms with Gasteiger partial charge in [0.1, 0.15) is 10.5 Å². The molecule has 2 N–H and O–H groups in total. The fourth-order valence-corrected chi connectivity index (χ4v) is 6.54. The monoisotopic (exact) mass is 494 g/mol. The Morgan fingerprint density at radius 1 is 1.12 bits per heavy atom. The van der Waals surface area contributed by atoms with E-state index < -0.39 is 5.54 Å². The van der Waals surface area contributed by atoms with Crippen molar-refractivity contribution in [2.45, 2.75) is 44.1 Å². The first kappa shape index (κ1) is 22.7. The third-order valence-corrected chi connectivity index (χ3v) is 8.36. The maximum atomic E-state index is 12.7. The van der Waals surface area contributed by atoms with Crippen LogP contribution in [-0.2, 0) is 16.0 Å². The van der Waals surface area contributed by atoms with Gasteiger partial charge >= 0.3 is 6.03 Å². The number of hydrogen-bond acceptors (Lipinski definition) is 6. The SMILES string of the molecule is O=C(Cc1sc(-c2ccccc2)nc1-c1cccs1)NCCCN1C(=O)NC2(CCCC2)C1=O. The molecule has 1 aliphatic carbocycles. The lowest BCUT2D eigenvalue weighted by Gasteiger charge is -2.20. The van der Waals surface area contributed by atoms with E-state index in [0.29, 0.717) is 19.5 Å². The number of carbonyl (C=O) groups excluding carboxylic acids is 3. The number of thiazole rings is 1. The van der Waals surface area contributed by atoms with Crippen molar-refractivity contribution in [3.05, 3.63) is 52.7 Å². The van der Waals surface area contributed by atoms with Gasteiger partial charge in [-0.05, 0) is 30.7 Å². The highest BCUT2D eigenvalue weighted by Gasteiger charge is 2.51. The van der Waals surface area contributed by atoms with E-state index in [1.165, 1.54) is 16.2 Å². The Kier molecular flexibility index (Phi) is 6.47. The molecule has 1 saturated carbocycles. The number of urea groups is 1. The summed E-state index contributed by atoms with van der Waals surface area (Å²) in [5, 5.41) is 8.73. The summed E-state index contributed by atoms with van der Waals surface area (Å²) in [5.41, 5.74) is 1.21. The predicted octanol–water partition coefficient (Wildman–Crippen LogP) is 4.45. The van der Waals surface area contributed by atoms with Gasteiger partial charge in [0, 0.05) is 23.5 Å². The average molecular weight is 495 g/mol. The van der Waals surface area contributed by atoms with Crippen molar-refractivity contribution < 1.29 is 14.4 Å². The Labute approximate surface area is 206 Å². The number of benzene rings is 1. The summed E-state index contributed by atoms with van der Waals surface area (Å²) >= 11 is 3.15. The zero-order chi connectivity index (χ0) is 23.5. The van der Waals surface area contributed by atoms with Crippen LogP contribution >= 0.6 is 22.7 Å². The van der Waals surface area contributed by atoms with Crippen LogP contribution in [-0.4, -0.2) is 46.4 Å². The number of hydrogen-bond donors (Lipinski definition) is 2. The molecule has 2 fully saturated rings. The molecule has 0 atom stereocenters. The Bertz CT molecular complexity index is 1180. The number of nitrogens with zero attached hydrogens (tertiary/aromatic N) is 2. The molecule has 1 saturated heterocycles. The van der Waals surface area contributed by atoms with Crippen molar-refractivity contribution in [1.29, 1.82) is 0 Å². The molecule has 1 aliphatic heterocycles. The van der Waals surface area contributed by atoms with Crippen LogP contribution in [0, 0.1) is 0 Å². The van der Waals surface area contributed by atoms with Gasteiger partial charge < -0.3 is 10.6 Å². The van der Waals surface area contributed by atoms with Gasteiger partial charge in [0.25, 0.3) is 5.91 Å². The van der Waals surface area contributed by atoms with Gasteiger partial charge in [-0.1, -0.05) is 49.2 Å². The summed E-state index contributed by atoms with van der Waals surface area (Å²) < 4.78 is 0. The molecule has 4 amide bonds. The van der Waals surface area contributed by atoms with Crippen LogP contribution in [0.5, 0.6) is 0 Å². The fraction of sp³-hybridized carbons (Fsp3) is 0.360. The molecule has 7 nitrogen and oxygen atoms in total. The Morgan fingerprint density at radius 2 is 1.91 bits per heavy atom. The maximum absolute atomic E-state index is 12.7. The molecule has 0 radical (unpaired) electrons. The van der Waals surface area contributed by atoms with E-state index >= 15 is 0 Å². The number of amides is 4. The van der Waals surface area contributed by atoms with E-state index in [1.807, 2.05) is 47.8 Å². The van der Waals surface area contributed by atoms with Crippen LogP contribution in [0.15, 0.2) is 47.8 Å². The minimum Gasteiger partial charge on any atom is -0.356 e. The van der Waals surface area contributed by atoms with Crippen LogP contribution in [0.25, 0.3) is 21.1 Å². The molecular formula is C25H26N4O3S2. The molecule has 3 aromatic rings. The van der Waals surface area contributed by atoms with Crippen molar-refractivity contribution >= 4 is 40.5 Å². The largest absolute Gasteiger partial charge is 0.356 e. The van der Waals surface area contributed by atoms with Gasteiger partial charge in [-0.25, -0.2) is 9.78 Å². The molecule has 2 aliphatic rings. The second-order valence-corrected chi connectivity index (χ2v) is 10.7. The van der Waals surface area contributed by atoms with E-state index in [1.54, 1.807) is 11.3 Å². The lowest BCUT2D eigenvalue weighted by molar-refractivity contribution is -0.131. The number of imide groups is 1. The highest BCUT2D eigenvalue weighted by Crippen LogP contribution is 2.36. The van der Waals surface area contributed by atoms with Crippen molar-refractivity contribution in [1.82, 2.24) is 20.5 Å². The van der Waals surface area contributed by atoms with E-state index in [2.05, 4.69) is 10.6 Å². The van der Waals surface area contributed by atoms with Crippen LogP contribution in [0.3, 0.4) is 0 Å². The quantitative estimate of drug-likeness (QED) is 0.357. The van der Waals surface area contributed by atoms with Crippen molar-refractivity contribution in [2.75, 3.05) is 13.1 Å². The minimum atomic E-state index is -0.679. The first-order valence-corrected chi connectivity index (χ1v) is 13.3. The first-order valence-electron chi connectivity index (χ1n) is 11.6.